The minimum absolute atomic E-state index is 0.0703. The molecule has 64 valence electrons. The van der Waals surface area contributed by atoms with Crippen molar-refractivity contribution in [1.82, 2.24) is 5.32 Å². The summed E-state index contributed by atoms with van der Waals surface area (Å²) < 4.78 is 17.9. The third-order valence-electron chi connectivity index (χ3n) is 2.14. The van der Waals surface area contributed by atoms with Gasteiger partial charge in [-0.2, -0.15) is 0 Å². The van der Waals surface area contributed by atoms with Gasteiger partial charge in [0.15, 0.2) is 0 Å². The zero-order chi connectivity index (χ0) is 8.48. The van der Waals surface area contributed by atoms with Crippen LogP contribution in [0.2, 0.25) is 0 Å². The van der Waals surface area contributed by atoms with Gasteiger partial charge in [0, 0.05) is 19.0 Å². The molecule has 11 heavy (non-hydrogen) atoms. The topological polar surface area (TPSA) is 38.3 Å². The number of methoxy groups -OCH3 is 1. The number of carbonyl (C=O) groups is 1. The highest BCUT2D eigenvalue weighted by molar-refractivity contribution is 5.80. The number of halogens is 1. The Hall–Kier alpha value is -0.640. The number of ether oxygens (including phenoxy) is 1. The normalized spacial score (nSPS) is 37.2. The molecule has 1 rings (SSSR count). The van der Waals surface area contributed by atoms with E-state index in [0.29, 0.717) is 6.54 Å². The fraction of sp³-hybridized carbons (Fsp3) is 0.857. The average molecular weight is 161 g/mol. The summed E-state index contributed by atoms with van der Waals surface area (Å²) in [5, 5.41) is 2.80. The monoisotopic (exact) mass is 161 g/mol. The van der Waals surface area contributed by atoms with E-state index in [4.69, 9.17) is 0 Å². The van der Waals surface area contributed by atoms with E-state index in [2.05, 4.69) is 10.1 Å². The van der Waals surface area contributed by atoms with Gasteiger partial charge in [-0.25, -0.2) is 9.18 Å². The van der Waals surface area contributed by atoms with Gasteiger partial charge in [0.25, 0.3) is 0 Å². The van der Waals surface area contributed by atoms with E-state index in [1.807, 2.05) is 0 Å². The smallest absolute Gasteiger partial charge is 0.345 e. The van der Waals surface area contributed by atoms with Crippen LogP contribution < -0.4 is 5.32 Å². The third kappa shape index (κ3) is 1.22. The molecule has 3 nitrogen and oxygen atoms in total. The lowest BCUT2D eigenvalue weighted by Gasteiger charge is -2.19. The number of alkyl halides is 1. The Labute approximate surface area is 64.9 Å². The Bertz CT molecular complexity index is 174. The van der Waals surface area contributed by atoms with Crippen molar-refractivity contribution in [2.24, 2.45) is 5.92 Å². The summed E-state index contributed by atoms with van der Waals surface area (Å²) in [5.74, 6) is -1.06. The third-order valence-corrected chi connectivity index (χ3v) is 2.14. The van der Waals surface area contributed by atoms with E-state index < -0.39 is 11.6 Å². The molecule has 0 spiro atoms. The molecule has 1 fully saturated rings. The van der Waals surface area contributed by atoms with Crippen LogP contribution in [0.1, 0.15) is 6.92 Å². The quantitative estimate of drug-likeness (QED) is 0.554. The molecule has 1 N–H and O–H groups in total. The first-order chi connectivity index (χ1) is 5.11. The molecule has 4 heteroatoms. The standard InChI is InChI=1S/C7H12FNO2/c1-5-3-9-4-7(5,8)6(10)11-2/h5,9H,3-4H2,1-2H3/t5-,7+/m1/s1. The molecule has 0 saturated carbocycles. The van der Waals surface area contributed by atoms with Gasteiger partial charge in [-0.15, -0.1) is 0 Å². The van der Waals surface area contributed by atoms with Crippen molar-refractivity contribution in [1.29, 1.82) is 0 Å². The molecule has 0 aromatic heterocycles. The van der Waals surface area contributed by atoms with Crippen LogP contribution in [0.5, 0.6) is 0 Å². The first-order valence-corrected chi connectivity index (χ1v) is 3.59. The summed E-state index contributed by atoms with van der Waals surface area (Å²) in [6.07, 6.45) is 0. The van der Waals surface area contributed by atoms with Crippen molar-refractivity contribution < 1.29 is 13.9 Å². The molecule has 0 unspecified atom stereocenters. The summed E-state index contributed by atoms with van der Waals surface area (Å²) in [6.45, 7) is 2.30. The van der Waals surface area contributed by atoms with E-state index in [0.717, 1.165) is 0 Å². The molecule has 2 atom stereocenters. The van der Waals surface area contributed by atoms with Crippen LogP contribution in [0.3, 0.4) is 0 Å². The number of rotatable bonds is 1. The van der Waals surface area contributed by atoms with Gasteiger partial charge in [-0.05, 0) is 0 Å². The average Bonchev–Trinajstić information content (AvgIpc) is 2.32. The number of carbonyl (C=O) groups excluding carboxylic acids is 1. The van der Waals surface area contributed by atoms with Crippen LogP contribution >= 0.6 is 0 Å². The highest BCUT2D eigenvalue weighted by Gasteiger charge is 2.48. The van der Waals surface area contributed by atoms with Gasteiger partial charge in [0.1, 0.15) is 0 Å². The first-order valence-electron chi connectivity index (χ1n) is 3.59. The number of nitrogens with one attached hydrogen (secondary N) is 1. The van der Waals surface area contributed by atoms with Crippen molar-refractivity contribution in [3.63, 3.8) is 0 Å². The summed E-state index contributed by atoms with van der Waals surface area (Å²) in [5.41, 5.74) is -1.81. The van der Waals surface area contributed by atoms with Crippen LogP contribution in [0.25, 0.3) is 0 Å². The van der Waals surface area contributed by atoms with E-state index in [1.165, 1.54) is 7.11 Å². The summed E-state index contributed by atoms with van der Waals surface area (Å²) in [7, 11) is 1.20. The van der Waals surface area contributed by atoms with Crippen LogP contribution in [0.15, 0.2) is 0 Å². The SMILES string of the molecule is COC(=O)[C@]1(F)CNC[C@H]1C. The minimum Gasteiger partial charge on any atom is -0.467 e. The predicted molar refractivity (Wildman–Crippen MR) is 37.9 cm³/mol. The summed E-state index contributed by atoms with van der Waals surface area (Å²) in [4.78, 5) is 10.9. The molecule has 1 saturated heterocycles. The van der Waals surface area contributed by atoms with Gasteiger partial charge >= 0.3 is 5.97 Å². The Kier molecular flexibility index (Phi) is 2.13. The molecular weight excluding hydrogens is 149 g/mol. The predicted octanol–water partition coefficient (Wildman–Crippen LogP) is 0.107. The van der Waals surface area contributed by atoms with Crippen molar-refractivity contribution in [3.8, 4) is 0 Å². The van der Waals surface area contributed by atoms with E-state index in [1.54, 1.807) is 6.92 Å². The lowest BCUT2D eigenvalue weighted by atomic mass is 9.95. The molecule has 0 aliphatic carbocycles. The maximum atomic E-state index is 13.6. The molecule has 0 radical (unpaired) electrons. The molecule has 1 aliphatic heterocycles. The molecule has 1 aliphatic rings. The fourth-order valence-electron chi connectivity index (χ4n) is 1.25. The molecular formula is C7H12FNO2. The van der Waals surface area contributed by atoms with Crippen LogP contribution in [0, 0.1) is 5.92 Å². The van der Waals surface area contributed by atoms with Crippen molar-refractivity contribution in [2.75, 3.05) is 20.2 Å². The molecule has 0 bridgehead atoms. The maximum Gasteiger partial charge on any atom is 0.345 e. The molecule has 0 aromatic rings. The number of hydrogen-bond acceptors (Lipinski definition) is 3. The number of esters is 1. The second-order valence-corrected chi connectivity index (χ2v) is 2.89. The zero-order valence-electron chi connectivity index (χ0n) is 6.69. The highest BCUT2D eigenvalue weighted by Crippen LogP contribution is 2.27. The van der Waals surface area contributed by atoms with Gasteiger partial charge in [-0.3, -0.25) is 0 Å². The molecule has 0 amide bonds. The van der Waals surface area contributed by atoms with E-state index >= 15 is 0 Å². The van der Waals surface area contributed by atoms with Gasteiger partial charge in [-0.1, -0.05) is 6.92 Å². The number of hydrogen-bond donors (Lipinski definition) is 1. The Morgan fingerprint density at radius 2 is 2.45 bits per heavy atom. The minimum atomic E-state index is -1.81. The zero-order valence-corrected chi connectivity index (χ0v) is 6.69. The van der Waals surface area contributed by atoms with Crippen molar-refractivity contribution >= 4 is 5.97 Å². The van der Waals surface area contributed by atoms with Gasteiger partial charge in [0.2, 0.25) is 5.67 Å². The van der Waals surface area contributed by atoms with Gasteiger partial charge < -0.3 is 10.1 Å². The Morgan fingerprint density at radius 3 is 2.82 bits per heavy atom. The van der Waals surface area contributed by atoms with Crippen molar-refractivity contribution in [2.45, 2.75) is 12.6 Å². The van der Waals surface area contributed by atoms with Crippen LogP contribution in [-0.4, -0.2) is 31.8 Å². The van der Waals surface area contributed by atoms with E-state index in [9.17, 15) is 9.18 Å². The lowest BCUT2D eigenvalue weighted by molar-refractivity contribution is -0.155. The Balaban J connectivity index is 2.72. The van der Waals surface area contributed by atoms with Gasteiger partial charge in [0.05, 0.1) is 7.11 Å². The lowest BCUT2D eigenvalue weighted by Crippen LogP contribution is -2.41. The molecule has 0 aromatic carbocycles. The second-order valence-electron chi connectivity index (χ2n) is 2.89. The van der Waals surface area contributed by atoms with Crippen LogP contribution in [0.4, 0.5) is 4.39 Å². The summed E-state index contributed by atoms with van der Waals surface area (Å²) in [6, 6.07) is 0. The largest absolute Gasteiger partial charge is 0.467 e. The maximum absolute atomic E-state index is 13.6. The second kappa shape index (κ2) is 2.77. The fourth-order valence-corrected chi connectivity index (χ4v) is 1.25. The Morgan fingerprint density at radius 1 is 1.82 bits per heavy atom. The molecule has 1 heterocycles. The van der Waals surface area contributed by atoms with Crippen LogP contribution in [-0.2, 0) is 9.53 Å². The van der Waals surface area contributed by atoms with Crippen molar-refractivity contribution in [3.05, 3.63) is 0 Å². The first kappa shape index (κ1) is 8.46. The van der Waals surface area contributed by atoms with E-state index in [-0.39, 0.29) is 12.5 Å². The summed E-state index contributed by atoms with van der Waals surface area (Å²) >= 11 is 0. The highest BCUT2D eigenvalue weighted by atomic mass is 19.1.